The van der Waals surface area contributed by atoms with Gasteiger partial charge >= 0.3 is 0 Å². The zero-order valence-electron chi connectivity index (χ0n) is 11.6. The van der Waals surface area contributed by atoms with Gasteiger partial charge in [0.2, 0.25) is 5.91 Å². The Bertz CT molecular complexity index is 469. The van der Waals surface area contributed by atoms with Crippen LogP contribution in [0.2, 0.25) is 0 Å². The number of rotatable bonds is 3. The third kappa shape index (κ3) is 4.06. The summed E-state index contributed by atoms with van der Waals surface area (Å²) in [4.78, 5) is 14.0. The monoisotopic (exact) mass is 285 g/mol. The van der Waals surface area contributed by atoms with E-state index in [1.807, 2.05) is 4.90 Å². The van der Waals surface area contributed by atoms with Crippen LogP contribution >= 0.6 is 0 Å². The standard InChI is InChI=1S/C14H23NO3S/c1-19(17,18)11-6-13(16)15-10-5-9-14(12-15)7-3-2-4-8-14/h2-3H,4-12H2,1H3/t14-/m1/s1. The SMILES string of the molecule is CS(=O)(=O)CCC(=O)N1CCC[C@]2(CC=CCC2)C1. The van der Waals surface area contributed by atoms with Gasteiger partial charge < -0.3 is 4.90 Å². The molecule has 1 heterocycles. The van der Waals surface area contributed by atoms with Gasteiger partial charge in [-0.3, -0.25) is 4.79 Å². The smallest absolute Gasteiger partial charge is 0.223 e. The Morgan fingerprint density at radius 2 is 2.11 bits per heavy atom. The molecule has 108 valence electrons. The molecule has 1 amide bonds. The molecule has 1 fully saturated rings. The molecule has 1 aliphatic heterocycles. The van der Waals surface area contributed by atoms with Crippen LogP contribution in [0.25, 0.3) is 0 Å². The van der Waals surface area contributed by atoms with Crippen LogP contribution in [0.15, 0.2) is 12.2 Å². The highest BCUT2D eigenvalue weighted by molar-refractivity contribution is 7.90. The van der Waals surface area contributed by atoms with E-state index >= 15 is 0 Å². The van der Waals surface area contributed by atoms with E-state index in [2.05, 4.69) is 12.2 Å². The molecule has 2 rings (SSSR count). The van der Waals surface area contributed by atoms with E-state index in [1.54, 1.807) is 0 Å². The number of amides is 1. The van der Waals surface area contributed by atoms with Crippen LogP contribution in [0.5, 0.6) is 0 Å². The Balaban J connectivity index is 1.93. The number of likely N-dealkylation sites (tertiary alicyclic amines) is 1. The molecule has 2 aliphatic rings. The zero-order valence-corrected chi connectivity index (χ0v) is 12.4. The van der Waals surface area contributed by atoms with Crippen molar-refractivity contribution < 1.29 is 13.2 Å². The van der Waals surface area contributed by atoms with Crippen LogP contribution in [0.3, 0.4) is 0 Å². The van der Waals surface area contributed by atoms with Crippen molar-refractivity contribution in [2.24, 2.45) is 5.41 Å². The number of carbonyl (C=O) groups is 1. The molecule has 0 saturated carbocycles. The van der Waals surface area contributed by atoms with Crippen molar-refractivity contribution in [2.45, 2.75) is 38.5 Å². The predicted octanol–water partition coefficient (Wildman–Crippen LogP) is 1.77. The lowest BCUT2D eigenvalue weighted by Crippen LogP contribution is -2.46. The molecule has 0 unspecified atom stereocenters. The Morgan fingerprint density at radius 3 is 2.74 bits per heavy atom. The maximum Gasteiger partial charge on any atom is 0.223 e. The number of sulfone groups is 1. The maximum absolute atomic E-state index is 12.1. The second kappa shape index (κ2) is 5.65. The average Bonchev–Trinajstić information content (AvgIpc) is 2.36. The summed E-state index contributed by atoms with van der Waals surface area (Å²) in [7, 11) is -3.05. The number of nitrogens with zero attached hydrogens (tertiary/aromatic N) is 1. The van der Waals surface area contributed by atoms with Crippen molar-refractivity contribution in [1.29, 1.82) is 0 Å². The third-order valence-electron chi connectivity index (χ3n) is 4.26. The van der Waals surface area contributed by atoms with E-state index in [1.165, 1.54) is 12.7 Å². The molecule has 19 heavy (non-hydrogen) atoms. The number of carbonyl (C=O) groups excluding carboxylic acids is 1. The van der Waals surface area contributed by atoms with Crippen molar-refractivity contribution in [3.05, 3.63) is 12.2 Å². The van der Waals surface area contributed by atoms with Crippen LogP contribution in [-0.2, 0) is 14.6 Å². The molecule has 0 N–H and O–H groups in total. The highest BCUT2D eigenvalue weighted by atomic mass is 32.2. The van der Waals surface area contributed by atoms with Gasteiger partial charge in [-0.15, -0.1) is 0 Å². The van der Waals surface area contributed by atoms with Crippen LogP contribution in [0, 0.1) is 5.41 Å². The van der Waals surface area contributed by atoms with E-state index in [-0.39, 0.29) is 23.5 Å². The lowest BCUT2D eigenvalue weighted by atomic mass is 9.71. The minimum absolute atomic E-state index is 0.000877. The van der Waals surface area contributed by atoms with Crippen molar-refractivity contribution in [3.63, 3.8) is 0 Å². The van der Waals surface area contributed by atoms with E-state index in [0.717, 1.165) is 38.8 Å². The number of piperidine rings is 1. The summed E-state index contributed by atoms with van der Waals surface area (Å²) in [6, 6.07) is 0. The molecule has 0 aromatic carbocycles. The molecule has 1 spiro atoms. The molecule has 0 radical (unpaired) electrons. The van der Waals surface area contributed by atoms with Gasteiger partial charge in [-0.25, -0.2) is 8.42 Å². The molecule has 0 aromatic rings. The van der Waals surface area contributed by atoms with E-state index in [9.17, 15) is 13.2 Å². The number of hydrogen-bond acceptors (Lipinski definition) is 3. The summed E-state index contributed by atoms with van der Waals surface area (Å²) in [5, 5.41) is 0. The van der Waals surface area contributed by atoms with Gasteiger partial charge in [0.05, 0.1) is 5.75 Å². The summed E-state index contributed by atoms with van der Waals surface area (Å²) in [6.45, 7) is 1.59. The first-order chi connectivity index (χ1) is 8.90. The molecular formula is C14H23NO3S. The second-order valence-electron chi connectivity index (χ2n) is 6.01. The summed E-state index contributed by atoms with van der Waals surface area (Å²) in [6.07, 6.45) is 11.3. The van der Waals surface area contributed by atoms with Gasteiger partial charge in [0, 0.05) is 25.8 Å². The van der Waals surface area contributed by atoms with Crippen molar-refractivity contribution >= 4 is 15.7 Å². The largest absolute Gasteiger partial charge is 0.342 e. The van der Waals surface area contributed by atoms with Gasteiger partial charge in [-0.1, -0.05) is 12.2 Å². The predicted molar refractivity (Wildman–Crippen MR) is 75.6 cm³/mol. The van der Waals surface area contributed by atoms with Gasteiger partial charge in [0.25, 0.3) is 0 Å². The molecular weight excluding hydrogens is 262 g/mol. The van der Waals surface area contributed by atoms with Crippen LogP contribution in [-0.4, -0.2) is 44.3 Å². The second-order valence-corrected chi connectivity index (χ2v) is 8.27. The quantitative estimate of drug-likeness (QED) is 0.743. The van der Waals surface area contributed by atoms with Gasteiger partial charge in [0.15, 0.2) is 0 Å². The fourth-order valence-electron chi connectivity index (χ4n) is 3.17. The normalized spacial score (nSPS) is 27.7. The van der Waals surface area contributed by atoms with Gasteiger partial charge in [-0.05, 0) is 37.5 Å². The Labute approximate surface area is 115 Å². The number of allylic oxidation sites excluding steroid dienone is 2. The maximum atomic E-state index is 12.1. The fraction of sp³-hybridized carbons (Fsp3) is 0.786. The van der Waals surface area contributed by atoms with Gasteiger partial charge in [-0.2, -0.15) is 0 Å². The van der Waals surface area contributed by atoms with E-state index in [0.29, 0.717) is 0 Å². The van der Waals surface area contributed by atoms with Crippen LogP contribution in [0.1, 0.15) is 38.5 Å². The summed E-state index contributed by atoms with van der Waals surface area (Å²) >= 11 is 0. The first-order valence-electron chi connectivity index (χ1n) is 7.01. The first kappa shape index (κ1) is 14.6. The molecule has 0 aromatic heterocycles. The molecule has 4 nitrogen and oxygen atoms in total. The van der Waals surface area contributed by atoms with Crippen LogP contribution in [0.4, 0.5) is 0 Å². The van der Waals surface area contributed by atoms with Crippen LogP contribution < -0.4 is 0 Å². The Kier molecular flexibility index (Phi) is 4.33. The summed E-state index contributed by atoms with van der Waals surface area (Å²) < 4.78 is 22.3. The first-order valence-corrected chi connectivity index (χ1v) is 9.07. The Hall–Kier alpha value is -0.840. The molecule has 1 aliphatic carbocycles. The summed E-state index contributed by atoms with van der Waals surface area (Å²) in [5.41, 5.74) is 0.258. The Morgan fingerprint density at radius 1 is 1.32 bits per heavy atom. The van der Waals surface area contributed by atoms with E-state index < -0.39 is 9.84 Å². The van der Waals surface area contributed by atoms with Gasteiger partial charge in [0.1, 0.15) is 9.84 Å². The molecule has 0 bridgehead atoms. The van der Waals surface area contributed by atoms with Crippen molar-refractivity contribution in [3.8, 4) is 0 Å². The summed E-state index contributed by atoms with van der Waals surface area (Å²) in [5.74, 6) is -0.0334. The zero-order chi connectivity index (χ0) is 13.9. The highest BCUT2D eigenvalue weighted by Crippen LogP contribution is 2.40. The topological polar surface area (TPSA) is 54.5 Å². The minimum Gasteiger partial charge on any atom is -0.342 e. The number of hydrogen-bond donors (Lipinski definition) is 0. The van der Waals surface area contributed by atoms with Crippen molar-refractivity contribution in [1.82, 2.24) is 4.90 Å². The minimum atomic E-state index is -3.05. The highest BCUT2D eigenvalue weighted by Gasteiger charge is 2.36. The molecule has 1 saturated heterocycles. The fourth-order valence-corrected chi connectivity index (χ4v) is 3.71. The van der Waals surface area contributed by atoms with E-state index in [4.69, 9.17) is 0 Å². The lowest BCUT2D eigenvalue weighted by Gasteiger charge is -2.44. The third-order valence-corrected chi connectivity index (χ3v) is 5.21. The molecule has 5 heteroatoms. The average molecular weight is 285 g/mol. The lowest BCUT2D eigenvalue weighted by molar-refractivity contribution is -0.134. The van der Waals surface area contributed by atoms with Crippen molar-refractivity contribution in [2.75, 3.05) is 25.1 Å². The molecule has 1 atom stereocenters.